The smallest absolute Gasteiger partial charge is 0.00886 e. The average molecular weight is 196 g/mol. The Labute approximate surface area is 91.5 Å². The first-order valence-electron chi connectivity index (χ1n) is 6.37. The molecule has 0 atom stereocenters. The van der Waals surface area contributed by atoms with Crippen molar-refractivity contribution in [2.24, 2.45) is 0 Å². The van der Waals surface area contributed by atoms with Crippen LogP contribution in [0.1, 0.15) is 79.1 Å². The Bertz CT molecular complexity index is 111. The van der Waals surface area contributed by atoms with Gasteiger partial charge in [0, 0.05) is 12.8 Å². The molecule has 0 aromatic heterocycles. The van der Waals surface area contributed by atoms with Gasteiger partial charge in [-0.05, 0) is 12.8 Å². The molecule has 1 aliphatic carbocycles. The first-order chi connectivity index (χ1) is 6.91. The van der Waals surface area contributed by atoms with Crippen molar-refractivity contribution in [1.82, 2.24) is 0 Å². The second-order valence-electron chi connectivity index (χ2n) is 3.27. The summed E-state index contributed by atoms with van der Waals surface area (Å²) in [5.74, 6) is 6.27. The number of unbranched alkanes of at least 4 members (excludes halogenated alkanes) is 1. The summed E-state index contributed by atoms with van der Waals surface area (Å²) < 4.78 is 0. The molecular formula is C14H28. The predicted octanol–water partition coefficient (Wildman–Crippen LogP) is 5.18. The highest BCUT2D eigenvalue weighted by atomic mass is 13.9. The Kier molecular flexibility index (Phi) is 21.0. The molecule has 0 amide bonds. The van der Waals surface area contributed by atoms with Crippen LogP contribution in [-0.4, -0.2) is 0 Å². The van der Waals surface area contributed by atoms with Crippen LogP contribution in [-0.2, 0) is 0 Å². The van der Waals surface area contributed by atoms with E-state index < -0.39 is 0 Å². The van der Waals surface area contributed by atoms with E-state index in [1.807, 2.05) is 13.8 Å². The molecule has 0 aliphatic heterocycles. The molecule has 1 rings (SSSR count). The normalized spacial score (nSPS) is 14.0. The lowest BCUT2D eigenvalue weighted by Crippen LogP contribution is -1.80. The molecule has 0 N–H and O–H groups in total. The molecule has 0 fully saturated rings. The van der Waals surface area contributed by atoms with Crippen molar-refractivity contribution in [2.45, 2.75) is 79.1 Å². The number of hydrogen-bond donors (Lipinski definition) is 0. The Morgan fingerprint density at radius 3 is 1.36 bits per heavy atom. The highest BCUT2D eigenvalue weighted by molar-refractivity contribution is 4.99. The van der Waals surface area contributed by atoms with Crippen molar-refractivity contribution in [2.75, 3.05) is 0 Å². The van der Waals surface area contributed by atoms with Crippen molar-refractivity contribution in [3.8, 4) is 11.8 Å². The standard InChI is InChI=1S/C8H12.C4H10.C2H6/c1-2-4-6-8-7-5-3-1;1-3-4-2;1-2/h1-6H2;3-4H2,1-2H3;1-2H3. The topological polar surface area (TPSA) is 0 Å². The van der Waals surface area contributed by atoms with E-state index in [1.54, 1.807) is 0 Å². The molecule has 0 saturated heterocycles. The van der Waals surface area contributed by atoms with Crippen LogP contribution in [0.15, 0.2) is 0 Å². The lowest BCUT2D eigenvalue weighted by molar-refractivity contribution is 0.652. The molecular weight excluding hydrogens is 168 g/mol. The third kappa shape index (κ3) is 17.6. The van der Waals surface area contributed by atoms with Crippen LogP contribution < -0.4 is 0 Å². The zero-order chi connectivity index (χ0) is 11.1. The molecule has 0 nitrogen and oxygen atoms in total. The third-order valence-electron chi connectivity index (χ3n) is 1.98. The molecule has 0 bridgehead atoms. The van der Waals surface area contributed by atoms with Crippen LogP contribution >= 0.6 is 0 Å². The van der Waals surface area contributed by atoms with Crippen LogP contribution in [0.25, 0.3) is 0 Å². The lowest BCUT2D eigenvalue weighted by atomic mass is 10.1. The highest BCUT2D eigenvalue weighted by Gasteiger charge is 1.89. The largest absolute Gasteiger partial charge is 0.103 e. The number of hydrogen-bond acceptors (Lipinski definition) is 0. The minimum atomic E-state index is 1.14. The van der Waals surface area contributed by atoms with E-state index in [4.69, 9.17) is 0 Å². The second-order valence-corrected chi connectivity index (χ2v) is 3.27. The zero-order valence-electron chi connectivity index (χ0n) is 10.7. The van der Waals surface area contributed by atoms with Gasteiger partial charge in [-0.25, -0.2) is 0 Å². The van der Waals surface area contributed by atoms with E-state index >= 15 is 0 Å². The Balaban J connectivity index is 0. The fourth-order valence-electron chi connectivity index (χ4n) is 0.957. The number of rotatable bonds is 1. The minimum Gasteiger partial charge on any atom is -0.103 e. The molecule has 0 aromatic carbocycles. The van der Waals surface area contributed by atoms with Gasteiger partial charge in [0.05, 0.1) is 0 Å². The summed E-state index contributed by atoms with van der Waals surface area (Å²) in [6, 6.07) is 0. The van der Waals surface area contributed by atoms with Crippen molar-refractivity contribution in [1.29, 1.82) is 0 Å². The van der Waals surface area contributed by atoms with Crippen molar-refractivity contribution < 1.29 is 0 Å². The van der Waals surface area contributed by atoms with Crippen LogP contribution in [0.4, 0.5) is 0 Å². The Hall–Kier alpha value is -0.440. The third-order valence-corrected chi connectivity index (χ3v) is 1.98. The predicted molar refractivity (Wildman–Crippen MR) is 67.4 cm³/mol. The van der Waals surface area contributed by atoms with Crippen molar-refractivity contribution in [3.05, 3.63) is 0 Å². The van der Waals surface area contributed by atoms with Gasteiger partial charge < -0.3 is 0 Å². The maximum absolute atomic E-state index is 3.14. The van der Waals surface area contributed by atoms with Gasteiger partial charge in [0.2, 0.25) is 0 Å². The van der Waals surface area contributed by atoms with Crippen LogP contribution in [0.3, 0.4) is 0 Å². The van der Waals surface area contributed by atoms with Crippen molar-refractivity contribution in [3.63, 3.8) is 0 Å². The molecule has 0 saturated carbocycles. The first kappa shape index (κ1) is 16.0. The van der Waals surface area contributed by atoms with E-state index in [9.17, 15) is 0 Å². The summed E-state index contributed by atoms with van der Waals surface area (Å²) >= 11 is 0. The monoisotopic (exact) mass is 196 g/mol. The zero-order valence-corrected chi connectivity index (χ0v) is 10.7. The average Bonchev–Trinajstić information content (AvgIpc) is 2.20. The lowest BCUT2D eigenvalue weighted by Gasteiger charge is -1.97. The van der Waals surface area contributed by atoms with Gasteiger partial charge in [0.25, 0.3) is 0 Å². The van der Waals surface area contributed by atoms with E-state index in [0.29, 0.717) is 0 Å². The minimum absolute atomic E-state index is 1.14. The molecule has 0 radical (unpaired) electrons. The molecule has 0 heterocycles. The van der Waals surface area contributed by atoms with Gasteiger partial charge in [-0.3, -0.25) is 0 Å². The highest BCUT2D eigenvalue weighted by Crippen LogP contribution is 2.06. The maximum atomic E-state index is 3.14. The van der Waals surface area contributed by atoms with Crippen molar-refractivity contribution >= 4 is 0 Å². The SMILES string of the molecule is C1#CCCCCCC1.CC.CCCC. The van der Waals surface area contributed by atoms with Gasteiger partial charge in [0.1, 0.15) is 0 Å². The molecule has 0 spiro atoms. The molecule has 84 valence electrons. The van der Waals surface area contributed by atoms with E-state index in [2.05, 4.69) is 25.7 Å². The fourth-order valence-corrected chi connectivity index (χ4v) is 0.957. The quantitative estimate of drug-likeness (QED) is 0.507. The maximum Gasteiger partial charge on any atom is 0.00886 e. The summed E-state index contributed by atoms with van der Waals surface area (Å²) in [5.41, 5.74) is 0. The fraction of sp³-hybridized carbons (Fsp3) is 0.857. The van der Waals surface area contributed by atoms with Gasteiger partial charge >= 0.3 is 0 Å². The molecule has 14 heavy (non-hydrogen) atoms. The summed E-state index contributed by atoms with van der Waals surface area (Å²) in [7, 11) is 0. The van der Waals surface area contributed by atoms with E-state index in [0.717, 1.165) is 12.8 Å². The van der Waals surface area contributed by atoms with E-state index in [1.165, 1.54) is 38.5 Å². The second kappa shape index (κ2) is 18.4. The summed E-state index contributed by atoms with van der Waals surface area (Å²) in [6.45, 7) is 8.36. The van der Waals surface area contributed by atoms with Gasteiger partial charge in [-0.15, -0.1) is 11.8 Å². The molecule has 1 aliphatic rings. The van der Waals surface area contributed by atoms with E-state index in [-0.39, 0.29) is 0 Å². The Morgan fingerprint density at radius 2 is 1.07 bits per heavy atom. The van der Waals surface area contributed by atoms with Gasteiger partial charge in [0.15, 0.2) is 0 Å². The summed E-state index contributed by atoms with van der Waals surface area (Å²) in [5, 5.41) is 0. The Morgan fingerprint density at radius 1 is 0.714 bits per heavy atom. The van der Waals surface area contributed by atoms with Crippen LogP contribution in [0.5, 0.6) is 0 Å². The summed E-state index contributed by atoms with van der Waals surface area (Å²) in [6.07, 6.45) is 10.4. The van der Waals surface area contributed by atoms with Crippen LogP contribution in [0.2, 0.25) is 0 Å². The summed E-state index contributed by atoms with van der Waals surface area (Å²) in [4.78, 5) is 0. The molecule has 0 heteroatoms. The van der Waals surface area contributed by atoms with Gasteiger partial charge in [-0.1, -0.05) is 53.4 Å². The molecule has 0 unspecified atom stereocenters. The first-order valence-corrected chi connectivity index (χ1v) is 6.37. The van der Waals surface area contributed by atoms with Crippen LogP contribution in [0, 0.1) is 11.8 Å². The molecule has 0 aromatic rings. The van der Waals surface area contributed by atoms with Gasteiger partial charge in [-0.2, -0.15) is 0 Å².